The van der Waals surface area contributed by atoms with E-state index in [9.17, 15) is 9.59 Å². The lowest BCUT2D eigenvalue weighted by atomic mass is 9.73. The van der Waals surface area contributed by atoms with Gasteiger partial charge in [0.25, 0.3) is 0 Å². The van der Waals surface area contributed by atoms with E-state index in [0.29, 0.717) is 11.5 Å². The number of carbonyl (C=O) groups is 2. The van der Waals surface area contributed by atoms with Gasteiger partial charge in [-0.15, -0.1) is 0 Å². The van der Waals surface area contributed by atoms with Crippen LogP contribution in [0.2, 0.25) is 0 Å². The molecule has 4 aromatic carbocycles. The second-order valence-corrected chi connectivity index (χ2v) is 9.13. The van der Waals surface area contributed by atoms with Gasteiger partial charge >= 0.3 is 11.9 Å². The van der Waals surface area contributed by atoms with Crippen molar-refractivity contribution >= 4 is 22.8 Å². The van der Waals surface area contributed by atoms with Crippen LogP contribution in [-0.2, 0) is 15.0 Å². The first-order valence-corrected chi connectivity index (χ1v) is 12.1. The SMILES string of the molecule is O=C(CC1(CC(=O)Oc2ccccc2)c2ccccc2-c2nc3ccccc3cc21)Oc1ccccc1. The standard InChI is InChI=1S/C32H23NO4/c34-29(36-23-12-3-1-4-13-23)20-32(21-30(35)37-24-14-5-2-6-15-24)26-17-9-8-16-25(26)31-27(32)19-22-11-7-10-18-28(22)33-31/h1-19H,20-21H2. The van der Waals surface area contributed by atoms with Crippen LogP contribution in [0.5, 0.6) is 11.5 Å². The van der Waals surface area contributed by atoms with Gasteiger partial charge in [0.1, 0.15) is 11.5 Å². The van der Waals surface area contributed by atoms with Crippen LogP contribution in [0.25, 0.3) is 22.2 Å². The van der Waals surface area contributed by atoms with E-state index in [2.05, 4.69) is 0 Å². The van der Waals surface area contributed by atoms with E-state index < -0.39 is 17.4 Å². The largest absolute Gasteiger partial charge is 0.426 e. The van der Waals surface area contributed by atoms with Gasteiger partial charge in [-0.1, -0.05) is 78.9 Å². The minimum absolute atomic E-state index is 0.0458. The highest BCUT2D eigenvalue weighted by Crippen LogP contribution is 2.53. The summed E-state index contributed by atoms with van der Waals surface area (Å²) in [7, 11) is 0. The predicted octanol–water partition coefficient (Wildman–Crippen LogP) is 6.49. The molecule has 5 nitrogen and oxygen atoms in total. The Morgan fingerprint density at radius 2 is 1.16 bits per heavy atom. The third-order valence-electron chi connectivity index (χ3n) is 6.78. The third-order valence-corrected chi connectivity index (χ3v) is 6.78. The number of aromatic nitrogens is 1. The molecule has 6 rings (SSSR count). The van der Waals surface area contributed by atoms with Crippen molar-refractivity contribution in [3.63, 3.8) is 0 Å². The predicted molar refractivity (Wildman–Crippen MR) is 141 cm³/mol. The van der Waals surface area contributed by atoms with Crippen molar-refractivity contribution in [2.24, 2.45) is 0 Å². The molecule has 37 heavy (non-hydrogen) atoms. The fourth-order valence-electron chi connectivity index (χ4n) is 5.19. The maximum absolute atomic E-state index is 13.4. The summed E-state index contributed by atoms with van der Waals surface area (Å²) in [6, 6.07) is 35.6. The van der Waals surface area contributed by atoms with Gasteiger partial charge in [0.05, 0.1) is 24.1 Å². The molecule has 0 amide bonds. The topological polar surface area (TPSA) is 65.5 Å². The molecule has 1 aliphatic carbocycles. The van der Waals surface area contributed by atoms with Crippen LogP contribution in [0.3, 0.4) is 0 Å². The minimum Gasteiger partial charge on any atom is -0.426 e. The van der Waals surface area contributed by atoms with Gasteiger partial charge < -0.3 is 9.47 Å². The summed E-state index contributed by atoms with van der Waals surface area (Å²) in [5.41, 5.74) is 3.22. The summed E-state index contributed by atoms with van der Waals surface area (Å²) in [5.74, 6) is 0.0411. The molecule has 1 aromatic heterocycles. The van der Waals surface area contributed by atoms with Crippen LogP contribution >= 0.6 is 0 Å². The van der Waals surface area contributed by atoms with E-state index in [0.717, 1.165) is 33.3 Å². The summed E-state index contributed by atoms with van der Waals surface area (Å²) < 4.78 is 11.4. The first-order valence-electron chi connectivity index (χ1n) is 12.1. The zero-order chi connectivity index (χ0) is 25.2. The molecule has 5 heteroatoms. The first-order chi connectivity index (χ1) is 18.1. The third kappa shape index (κ3) is 4.25. The Hall–Kier alpha value is -4.77. The smallest absolute Gasteiger partial charge is 0.312 e. The normalized spacial score (nSPS) is 13.0. The molecule has 0 saturated carbocycles. The van der Waals surface area contributed by atoms with Gasteiger partial charge in [-0.25, -0.2) is 4.98 Å². The molecule has 0 spiro atoms. The van der Waals surface area contributed by atoms with Gasteiger partial charge in [0, 0.05) is 16.4 Å². The molecule has 0 saturated heterocycles. The Labute approximate surface area is 214 Å². The van der Waals surface area contributed by atoms with Crippen LogP contribution in [0, 0.1) is 0 Å². The number of nitrogens with zero attached hydrogens (tertiary/aromatic N) is 1. The Kier molecular flexibility index (Phi) is 5.73. The van der Waals surface area contributed by atoms with Crippen LogP contribution in [0.4, 0.5) is 0 Å². The van der Waals surface area contributed by atoms with E-state index in [1.165, 1.54) is 0 Å². The van der Waals surface area contributed by atoms with Crippen molar-refractivity contribution in [1.82, 2.24) is 4.98 Å². The van der Waals surface area contributed by atoms with Crippen LogP contribution in [0.15, 0.2) is 115 Å². The molecule has 0 fully saturated rings. The summed E-state index contributed by atoms with van der Waals surface area (Å²) in [6.45, 7) is 0. The second kappa shape index (κ2) is 9.36. The number of hydrogen-bond donors (Lipinski definition) is 0. The first kappa shape index (κ1) is 22.7. The Balaban J connectivity index is 1.47. The van der Waals surface area contributed by atoms with Gasteiger partial charge in [-0.3, -0.25) is 9.59 Å². The minimum atomic E-state index is -0.999. The molecule has 0 bridgehead atoms. The molecule has 1 aliphatic rings. The summed E-state index contributed by atoms with van der Waals surface area (Å²) in [5, 5.41) is 0.936. The lowest BCUT2D eigenvalue weighted by Gasteiger charge is -2.30. The molecule has 0 radical (unpaired) electrons. The zero-order valence-electron chi connectivity index (χ0n) is 20.0. The van der Waals surface area contributed by atoms with Gasteiger partial charge in [0.2, 0.25) is 0 Å². The summed E-state index contributed by atoms with van der Waals surface area (Å²) in [4.78, 5) is 31.8. The van der Waals surface area contributed by atoms with Crippen molar-refractivity contribution in [2.45, 2.75) is 18.3 Å². The van der Waals surface area contributed by atoms with Crippen molar-refractivity contribution in [1.29, 1.82) is 0 Å². The number of hydrogen-bond acceptors (Lipinski definition) is 5. The lowest BCUT2D eigenvalue weighted by molar-refractivity contribution is -0.138. The zero-order valence-corrected chi connectivity index (χ0v) is 20.0. The summed E-state index contributed by atoms with van der Waals surface area (Å²) in [6.07, 6.45) is -0.0916. The molecule has 5 aromatic rings. The maximum atomic E-state index is 13.4. The fraction of sp³-hybridized carbons (Fsp3) is 0.0938. The Morgan fingerprint density at radius 1 is 0.622 bits per heavy atom. The molecule has 0 atom stereocenters. The number of benzene rings is 4. The molecule has 0 aliphatic heterocycles. The van der Waals surface area contributed by atoms with E-state index in [4.69, 9.17) is 14.5 Å². The number of fused-ring (bicyclic) bond motifs is 4. The van der Waals surface area contributed by atoms with Crippen molar-refractivity contribution in [3.8, 4) is 22.8 Å². The molecule has 0 unspecified atom stereocenters. The van der Waals surface area contributed by atoms with E-state index in [1.54, 1.807) is 24.3 Å². The number of ether oxygens (including phenoxy) is 2. The van der Waals surface area contributed by atoms with Crippen LogP contribution < -0.4 is 9.47 Å². The molecule has 180 valence electrons. The van der Waals surface area contributed by atoms with Gasteiger partial charge in [0.15, 0.2) is 0 Å². The molecule has 1 heterocycles. The fourth-order valence-corrected chi connectivity index (χ4v) is 5.19. The van der Waals surface area contributed by atoms with Crippen molar-refractivity contribution < 1.29 is 19.1 Å². The highest BCUT2D eigenvalue weighted by atomic mass is 16.5. The van der Waals surface area contributed by atoms with Gasteiger partial charge in [-0.2, -0.15) is 0 Å². The monoisotopic (exact) mass is 485 g/mol. The van der Waals surface area contributed by atoms with Crippen LogP contribution in [-0.4, -0.2) is 16.9 Å². The van der Waals surface area contributed by atoms with E-state index >= 15 is 0 Å². The average molecular weight is 486 g/mol. The summed E-state index contributed by atoms with van der Waals surface area (Å²) >= 11 is 0. The number of rotatable bonds is 6. The molecular formula is C32H23NO4. The number of para-hydroxylation sites is 3. The molecular weight excluding hydrogens is 462 g/mol. The van der Waals surface area contributed by atoms with Crippen LogP contribution in [0.1, 0.15) is 24.0 Å². The Morgan fingerprint density at radius 3 is 1.81 bits per heavy atom. The lowest BCUT2D eigenvalue weighted by Crippen LogP contribution is -2.34. The highest BCUT2D eigenvalue weighted by molar-refractivity contribution is 5.92. The quantitative estimate of drug-likeness (QED) is 0.203. The second-order valence-electron chi connectivity index (χ2n) is 9.13. The van der Waals surface area contributed by atoms with Gasteiger partial charge in [-0.05, 0) is 47.5 Å². The van der Waals surface area contributed by atoms with E-state index in [1.807, 2.05) is 91.0 Å². The average Bonchev–Trinajstić information content (AvgIpc) is 3.17. The van der Waals surface area contributed by atoms with Crippen molar-refractivity contribution in [2.75, 3.05) is 0 Å². The number of pyridine rings is 1. The van der Waals surface area contributed by atoms with Crippen molar-refractivity contribution in [3.05, 3.63) is 126 Å². The van der Waals surface area contributed by atoms with E-state index in [-0.39, 0.29) is 12.8 Å². The number of carbonyl (C=O) groups excluding carboxylic acids is 2. The maximum Gasteiger partial charge on any atom is 0.312 e. The molecule has 0 N–H and O–H groups in total. The number of esters is 2. The highest BCUT2D eigenvalue weighted by Gasteiger charge is 2.48. The Bertz CT molecular complexity index is 1560.